The van der Waals surface area contributed by atoms with E-state index < -0.39 is 34.8 Å². The van der Waals surface area contributed by atoms with Crippen LogP contribution in [0.2, 0.25) is 10.0 Å². The van der Waals surface area contributed by atoms with Crippen LogP contribution in [0, 0.1) is 11.2 Å². The number of benzene rings is 2. The van der Waals surface area contributed by atoms with Crippen molar-refractivity contribution in [3.05, 3.63) is 63.4 Å². The lowest BCUT2D eigenvalue weighted by Crippen LogP contribution is -2.50. The number of amides is 2. The molecule has 1 saturated carbocycles. The molecule has 0 radical (unpaired) electrons. The van der Waals surface area contributed by atoms with Crippen LogP contribution in [0.5, 0.6) is 0 Å². The van der Waals surface area contributed by atoms with E-state index >= 15 is 4.39 Å². The first kappa shape index (κ1) is 28.3. The number of rotatable bonds is 4. The summed E-state index contributed by atoms with van der Waals surface area (Å²) in [6.45, 7) is 8.04. The summed E-state index contributed by atoms with van der Waals surface area (Å²) in [6.07, 6.45) is 2.99. The lowest BCUT2D eigenvalue weighted by Gasteiger charge is -2.38. The minimum absolute atomic E-state index is 0.0645. The molecule has 5 rings (SSSR count). The fourth-order valence-electron chi connectivity index (χ4n) is 6.83. The second-order valence-corrected chi connectivity index (χ2v) is 13.7. The molecule has 2 fully saturated rings. The monoisotopic (exact) mass is 575 g/mol. The Kier molecular flexibility index (Phi) is 7.28. The van der Waals surface area contributed by atoms with E-state index in [9.17, 15) is 14.7 Å². The summed E-state index contributed by atoms with van der Waals surface area (Å²) in [5, 5.41) is 20.4. The van der Waals surface area contributed by atoms with Crippen molar-refractivity contribution >= 4 is 40.7 Å². The molecule has 2 heterocycles. The summed E-state index contributed by atoms with van der Waals surface area (Å²) >= 11 is 12.5. The second-order valence-electron chi connectivity index (χ2n) is 12.9. The fraction of sp³-hybridized carbons (Fsp3) is 0.533. The number of carbonyl (C=O) groups excluding carboxylic acids is 2. The fourth-order valence-corrected chi connectivity index (χ4v) is 7.18. The van der Waals surface area contributed by atoms with Gasteiger partial charge >= 0.3 is 0 Å². The van der Waals surface area contributed by atoms with E-state index in [1.54, 1.807) is 24.3 Å². The van der Waals surface area contributed by atoms with E-state index in [0.717, 1.165) is 0 Å². The maximum atomic E-state index is 15.8. The van der Waals surface area contributed by atoms with Gasteiger partial charge in [-0.2, -0.15) is 0 Å². The van der Waals surface area contributed by atoms with Crippen LogP contribution in [-0.4, -0.2) is 40.6 Å². The van der Waals surface area contributed by atoms with Crippen LogP contribution in [0.3, 0.4) is 0 Å². The van der Waals surface area contributed by atoms with Crippen molar-refractivity contribution in [1.29, 1.82) is 0 Å². The maximum Gasteiger partial charge on any atom is 0.238 e. The van der Waals surface area contributed by atoms with Crippen LogP contribution in [0.1, 0.15) is 76.8 Å². The van der Waals surface area contributed by atoms with Crippen molar-refractivity contribution in [3.8, 4) is 0 Å². The molecule has 2 amide bonds. The van der Waals surface area contributed by atoms with Crippen LogP contribution in [0.15, 0.2) is 36.4 Å². The zero-order chi connectivity index (χ0) is 28.3. The van der Waals surface area contributed by atoms with Crippen LogP contribution >= 0.6 is 23.2 Å². The third-order valence-electron chi connectivity index (χ3n) is 8.63. The molecule has 2 aliphatic heterocycles. The minimum Gasteiger partial charge on any atom is -0.390 e. The van der Waals surface area contributed by atoms with Gasteiger partial charge in [0.2, 0.25) is 11.8 Å². The molecule has 4 N–H and O–H groups in total. The molecule has 1 saturated heterocycles. The van der Waals surface area contributed by atoms with Crippen LogP contribution in [-0.2, 0) is 15.0 Å². The summed E-state index contributed by atoms with van der Waals surface area (Å²) in [5.74, 6) is -2.10. The number of anilines is 1. The normalized spacial score (nSPS) is 32.3. The number of halogens is 3. The number of carbonyl (C=O) groups is 2. The van der Waals surface area contributed by atoms with Gasteiger partial charge in [0.25, 0.3) is 0 Å². The Morgan fingerprint density at radius 3 is 2.54 bits per heavy atom. The van der Waals surface area contributed by atoms with Crippen molar-refractivity contribution in [2.75, 3.05) is 5.32 Å². The summed E-state index contributed by atoms with van der Waals surface area (Å²) < 4.78 is 15.8. The first-order chi connectivity index (χ1) is 18.2. The average molecular weight is 577 g/mol. The lowest BCUT2D eigenvalue weighted by atomic mass is 9.62. The Morgan fingerprint density at radius 1 is 1.18 bits per heavy atom. The van der Waals surface area contributed by atoms with Crippen molar-refractivity contribution in [1.82, 2.24) is 10.6 Å². The molecule has 6 nitrogen and oxygen atoms in total. The smallest absolute Gasteiger partial charge is 0.238 e. The van der Waals surface area contributed by atoms with E-state index in [1.165, 1.54) is 6.07 Å². The Hall–Kier alpha value is -2.19. The summed E-state index contributed by atoms with van der Waals surface area (Å²) in [7, 11) is 0. The molecular formula is C30H36Cl2FN3O3. The molecule has 210 valence electrons. The summed E-state index contributed by atoms with van der Waals surface area (Å²) in [6, 6.07) is 8.47. The zero-order valence-electron chi connectivity index (χ0n) is 22.7. The van der Waals surface area contributed by atoms with Crippen LogP contribution in [0.4, 0.5) is 10.1 Å². The average Bonchev–Trinajstić information content (AvgIpc) is 3.31. The van der Waals surface area contributed by atoms with Crippen molar-refractivity contribution in [2.45, 2.75) is 94.9 Å². The molecule has 0 unspecified atom stereocenters. The molecule has 9 heteroatoms. The molecule has 0 bridgehead atoms. The van der Waals surface area contributed by atoms with Gasteiger partial charge in [-0.05, 0) is 73.8 Å². The van der Waals surface area contributed by atoms with Crippen molar-refractivity contribution in [3.63, 3.8) is 0 Å². The Labute approximate surface area is 239 Å². The number of aliphatic hydroxyl groups is 1. The minimum atomic E-state index is -1.28. The summed E-state index contributed by atoms with van der Waals surface area (Å²) in [5.41, 5.74) is -0.762. The van der Waals surface area contributed by atoms with Crippen LogP contribution < -0.4 is 16.0 Å². The van der Waals surface area contributed by atoms with Gasteiger partial charge < -0.3 is 21.1 Å². The van der Waals surface area contributed by atoms with E-state index in [0.29, 0.717) is 48.4 Å². The van der Waals surface area contributed by atoms with E-state index in [-0.39, 0.29) is 33.9 Å². The molecule has 4 atom stereocenters. The van der Waals surface area contributed by atoms with Gasteiger partial charge in [-0.25, -0.2) is 4.39 Å². The molecule has 1 aliphatic carbocycles. The van der Waals surface area contributed by atoms with Crippen molar-refractivity contribution in [2.24, 2.45) is 5.41 Å². The Bertz CT molecular complexity index is 1300. The van der Waals surface area contributed by atoms with Gasteiger partial charge in [-0.15, -0.1) is 0 Å². The standard InChI is InChI=1S/C30H36Cl2FN3O3/c1-28(2,3)15-22-30(19-9-8-16(31)14-21(19)35-27(30)38)23(18-6-5-7-20(32)24(18)33)25(36-22)26(37)34-17-10-12-29(4,39)13-11-17/h5-9,14,17,22-23,25,36,39H,10-13,15H2,1-4H3,(H,34,37)(H,35,38)/t17-,22-,23+,25-,29-,30+/m1/s1. The highest BCUT2D eigenvalue weighted by Gasteiger charge is 2.66. The van der Waals surface area contributed by atoms with Gasteiger partial charge in [0.15, 0.2) is 0 Å². The van der Waals surface area contributed by atoms with Gasteiger partial charge in [0, 0.05) is 28.7 Å². The molecule has 2 aromatic rings. The third kappa shape index (κ3) is 5.08. The molecule has 3 aliphatic rings. The van der Waals surface area contributed by atoms with E-state index in [4.69, 9.17) is 23.2 Å². The van der Waals surface area contributed by atoms with Gasteiger partial charge in [0.1, 0.15) is 11.2 Å². The maximum absolute atomic E-state index is 15.8. The number of hydrogen-bond acceptors (Lipinski definition) is 4. The molecule has 2 aromatic carbocycles. The molecule has 39 heavy (non-hydrogen) atoms. The number of hydrogen-bond donors (Lipinski definition) is 4. The van der Waals surface area contributed by atoms with E-state index in [1.807, 2.05) is 13.0 Å². The quantitative estimate of drug-likeness (QED) is 0.377. The van der Waals surface area contributed by atoms with E-state index in [2.05, 4.69) is 36.7 Å². The largest absolute Gasteiger partial charge is 0.390 e. The topological polar surface area (TPSA) is 90.5 Å². The first-order valence-electron chi connectivity index (χ1n) is 13.6. The SMILES string of the molecule is CC(C)(C)C[C@H]1N[C@@H](C(=O)N[C@H]2CC[C@](C)(O)CC2)[C@H](c2cccc(Cl)c2F)[C@@]12C(=O)Nc1cc(Cl)ccc12. The predicted molar refractivity (Wildman–Crippen MR) is 152 cm³/mol. The van der Waals surface area contributed by atoms with Crippen LogP contribution in [0.25, 0.3) is 0 Å². The Morgan fingerprint density at radius 2 is 1.87 bits per heavy atom. The van der Waals surface area contributed by atoms with Gasteiger partial charge in [-0.3, -0.25) is 9.59 Å². The second kappa shape index (κ2) is 10.0. The molecule has 1 spiro atoms. The highest BCUT2D eigenvalue weighted by atomic mass is 35.5. The number of nitrogens with one attached hydrogen (secondary N) is 3. The lowest BCUT2D eigenvalue weighted by molar-refractivity contribution is -0.125. The van der Waals surface area contributed by atoms with Gasteiger partial charge in [-0.1, -0.05) is 62.2 Å². The Balaban J connectivity index is 1.65. The van der Waals surface area contributed by atoms with Crippen molar-refractivity contribution < 1.29 is 19.1 Å². The first-order valence-corrected chi connectivity index (χ1v) is 14.3. The molecular weight excluding hydrogens is 540 g/mol. The van der Waals surface area contributed by atoms with Gasteiger partial charge in [0.05, 0.1) is 16.7 Å². The third-order valence-corrected chi connectivity index (χ3v) is 9.16. The zero-order valence-corrected chi connectivity index (χ0v) is 24.2. The number of fused-ring (bicyclic) bond motifs is 2. The predicted octanol–water partition coefficient (Wildman–Crippen LogP) is 5.69. The molecule has 0 aromatic heterocycles. The highest BCUT2D eigenvalue weighted by Crippen LogP contribution is 2.57. The summed E-state index contributed by atoms with van der Waals surface area (Å²) in [4.78, 5) is 28.2. The highest BCUT2D eigenvalue weighted by molar-refractivity contribution is 6.31.